The van der Waals surface area contributed by atoms with E-state index in [4.69, 9.17) is 47.1 Å². The highest BCUT2D eigenvalue weighted by atomic mass is 35.5. The fourth-order valence-corrected chi connectivity index (χ4v) is 7.27. The van der Waals surface area contributed by atoms with Crippen molar-refractivity contribution in [2.75, 3.05) is 7.11 Å². The number of rotatable bonds is 2. The Morgan fingerprint density at radius 1 is 0.962 bits per heavy atom. The molecule has 5 heterocycles. The molecule has 0 fully saturated rings. The molecule has 272 valence electrons. The summed E-state index contributed by atoms with van der Waals surface area (Å²) in [7, 11) is 1.17. The number of aromatic hydroxyl groups is 2. The summed E-state index contributed by atoms with van der Waals surface area (Å²) >= 11 is 12.2. The summed E-state index contributed by atoms with van der Waals surface area (Å²) in [5, 5.41) is 32.0. The number of hydrogen-bond acceptors (Lipinski definition) is 12. The van der Waals surface area contributed by atoms with Crippen molar-refractivity contribution in [3.8, 4) is 40.1 Å². The smallest absolute Gasteiger partial charge is 0.347 e. The quantitative estimate of drug-likeness (QED) is 0.128. The van der Waals surface area contributed by atoms with Gasteiger partial charge in [0.1, 0.15) is 28.5 Å². The third kappa shape index (κ3) is 5.29. The van der Waals surface area contributed by atoms with E-state index in [9.17, 15) is 34.5 Å². The number of cyclic esters (lactones) is 1. The van der Waals surface area contributed by atoms with E-state index in [1.807, 2.05) is 30.3 Å². The lowest BCUT2D eigenvalue weighted by Crippen LogP contribution is -2.44. The van der Waals surface area contributed by atoms with Crippen molar-refractivity contribution in [1.29, 1.82) is 0 Å². The van der Waals surface area contributed by atoms with E-state index >= 15 is 0 Å². The molecule has 53 heavy (non-hydrogen) atoms. The zero-order chi connectivity index (χ0) is 38.3. The number of carbonyl (C=O) groups excluding carboxylic acids is 3. The van der Waals surface area contributed by atoms with E-state index in [0.717, 1.165) is 22.2 Å². The van der Waals surface area contributed by atoms with Gasteiger partial charge in [-0.3, -0.25) is 4.79 Å². The second-order valence-corrected chi connectivity index (χ2v) is 13.5. The predicted molar refractivity (Wildman–Crippen MR) is 191 cm³/mol. The second kappa shape index (κ2) is 12.8. The fourth-order valence-electron chi connectivity index (χ4n) is 6.81. The summed E-state index contributed by atoms with van der Waals surface area (Å²) in [4.78, 5) is 54.6. The lowest BCUT2D eigenvalue weighted by atomic mass is 9.86. The Balaban J connectivity index is 0.000000164. The van der Waals surface area contributed by atoms with E-state index in [-0.39, 0.29) is 73.7 Å². The number of para-hydroxylation sites is 1. The van der Waals surface area contributed by atoms with Gasteiger partial charge in [0.25, 0.3) is 5.56 Å². The van der Waals surface area contributed by atoms with Crippen LogP contribution in [0, 0.1) is 20.8 Å². The summed E-state index contributed by atoms with van der Waals surface area (Å²) in [6.45, 7) is 6.44. The Kier molecular flexibility index (Phi) is 8.63. The number of ether oxygens (including phenoxy) is 4. The van der Waals surface area contributed by atoms with Gasteiger partial charge in [-0.2, -0.15) is 0 Å². The number of nitrogens with zero attached hydrogens (tertiary/aromatic N) is 2. The molecule has 0 saturated carbocycles. The number of aliphatic hydroxyl groups is 1. The maximum atomic E-state index is 13.0. The van der Waals surface area contributed by atoms with Crippen LogP contribution in [-0.2, 0) is 33.0 Å². The molecule has 1 unspecified atom stereocenters. The van der Waals surface area contributed by atoms with Crippen molar-refractivity contribution < 1.29 is 48.7 Å². The van der Waals surface area contributed by atoms with Gasteiger partial charge in [0.15, 0.2) is 28.6 Å². The van der Waals surface area contributed by atoms with Crippen LogP contribution in [0.2, 0.25) is 10.0 Å². The number of pyridine rings is 2. The van der Waals surface area contributed by atoms with E-state index in [1.54, 1.807) is 17.6 Å². The molecular weight excluding hydrogens is 731 g/mol. The largest absolute Gasteiger partial charge is 0.507 e. The maximum absolute atomic E-state index is 13.0. The van der Waals surface area contributed by atoms with Crippen LogP contribution in [0.1, 0.15) is 67.4 Å². The number of phenols is 2. The zero-order valence-corrected chi connectivity index (χ0v) is 30.4. The number of hydrogen-bond donors (Lipinski definition) is 3. The second-order valence-electron chi connectivity index (χ2n) is 12.7. The minimum atomic E-state index is -1.79. The SMILES string of the molecule is CCC1(O)C(=O)OCc2c1cc1n(c2=O)Cc2cc3ccccc3nc2-1.COC(=O)c1c(C)c2c(c(C)c1O)OC(=O)c1c(C)c(Cl)c(O)c(Cl)c1O2. The first-order valence-corrected chi connectivity index (χ1v) is 17.0. The molecule has 3 aliphatic heterocycles. The Morgan fingerprint density at radius 3 is 2.36 bits per heavy atom. The molecule has 1 atom stereocenters. The van der Waals surface area contributed by atoms with Crippen molar-refractivity contribution in [3.63, 3.8) is 0 Å². The van der Waals surface area contributed by atoms with Gasteiger partial charge in [-0.1, -0.05) is 48.3 Å². The number of halogens is 2. The van der Waals surface area contributed by atoms with Crippen molar-refractivity contribution in [2.24, 2.45) is 0 Å². The van der Waals surface area contributed by atoms with Crippen LogP contribution in [0.25, 0.3) is 22.3 Å². The summed E-state index contributed by atoms with van der Waals surface area (Å²) in [5.74, 6) is -3.44. The van der Waals surface area contributed by atoms with Crippen molar-refractivity contribution >= 4 is 52.0 Å². The Morgan fingerprint density at radius 2 is 1.66 bits per heavy atom. The third-order valence-electron chi connectivity index (χ3n) is 9.81. The van der Waals surface area contributed by atoms with Crippen LogP contribution >= 0.6 is 23.2 Å². The molecule has 0 bridgehead atoms. The van der Waals surface area contributed by atoms with Crippen LogP contribution in [-0.4, -0.2) is 49.9 Å². The van der Waals surface area contributed by atoms with Crippen molar-refractivity contribution in [1.82, 2.24) is 9.55 Å². The molecule has 15 heteroatoms. The third-order valence-corrected chi connectivity index (χ3v) is 10.6. The molecule has 5 aromatic rings. The van der Waals surface area contributed by atoms with Crippen molar-refractivity contribution in [3.05, 3.63) is 101 Å². The molecular formula is C38H30Cl2N2O11. The van der Waals surface area contributed by atoms with Crippen LogP contribution in [0.15, 0.2) is 41.2 Å². The van der Waals surface area contributed by atoms with Gasteiger partial charge in [-0.05, 0) is 51.0 Å². The average Bonchev–Trinajstić information content (AvgIpc) is 3.42. The highest BCUT2D eigenvalue weighted by Gasteiger charge is 2.45. The molecule has 3 aromatic carbocycles. The van der Waals surface area contributed by atoms with Gasteiger partial charge in [-0.15, -0.1) is 0 Å². The lowest BCUT2D eigenvalue weighted by Gasteiger charge is -2.31. The molecule has 0 aliphatic carbocycles. The summed E-state index contributed by atoms with van der Waals surface area (Å²) in [6, 6.07) is 11.6. The van der Waals surface area contributed by atoms with Crippen LogP contribution in [0.4, 0.5) is 0 Å². The van der Waals surface area contributed by atoms with Crippen molar-refractivity contribution in [2.45, 2.75) is 52.9 Å². The maximum Gasteiger partial charge on any atom is 0.347 e. The molecule has 2 aromatic heterocycles. The van der Waals surface area contributed by atoms with Gasteiger partial charge >= 0.3 is 17.9 Å². The first-order valence-electron chi connectivity index (χ1n) is 16.2. The summed E-state index contributed by atoms with van der Waals surface area (Å²) < 4.78 is 22.6. The highest BCUT2D eigenvalue weighted by Crippen LogP contribution is 2.53. The number of phenolic OH excluding ortho intramolecular Hbond substituents is 2. The molecule has 0 spiro atoms. The zero-order valence-electron chi connectivity index (χ0n) is 28.8. The first kappa shape index (κ1) is 35.8. The number of benzene rings is 3. The summed E-state index contributed by atoms with van der Waals surface area (Å²) in [5.41, 5.74) is 2.08. The normalized spacial score (nSPS) is 16.4. The minimum Gasteiger partial charge on any atom is -0.507 e. The lowest BCUT2D eigenvalue weighted by molar-refractivity contribution is -0.172. The molecule has 0 radical (unpaired) electrons. The predicted octanol–water partition coefficient (Wildman–Crippen LogP) is 6.52. The standard InChI is InChI=1S/C20H16N2O4.C18H14Cl2O7/c1-2-20(25)14-8-16-17-12(7-11-5-3-4-6-15(11)21-17)9-22(16)18(23)13(14)10-26-19(20)24;1-5-9-16(11(20)13(22)10(5)19)26-14-6(2)8(17(23)25-4)12(21)7(3)15(14)27-18(9)24/h3-8,25H,2,9-10H2,1H3;21-22H,1-4H3. The number of methoxy groups -OCH3 is 1. The Bertz CT molecular complexity index is 2550. The molecule has 13 nitrogen and oxygen atoms in total. The number of carbonyl (C=O) groups is 3. The fraction of sp³-hybridized carbons (Fsp3) is 0.237. The Labute approximate surface area is 310 Å². The van der Waals surface area contributed by atoms with Gasteiger partial charge in [0.05, 0.1) is 41.1 Å². The van der Waals surface area contributed by atoms with Crippen LogP contribution in [0.5, 0.6) is 28.7 Å². The topological polar surface area (TPSA) is 184 Å². The van der Waals surface area contributed by atoms with Crippen LogP contribution < -0.4 is 15.0 Å². The van der Waals surface area contributed by atoms with Gasteiger partial charge in [0.2, 0.25) is 0 Å². The van der Waals surface area contributed by atoms with E-state index in [1.165, 1.54) is 27.9 Å². The Hall–Kier alpha value is -5.63. The molecule has 0 amide bonds. The molecule has 8 rings (SSSR count). The van der Waals surface area contributed by atoms with Gasteiger partial charge < -0.3 is 38.8 Å². The minimum absolute atomic E-state index is 0.0131. The number of esters is 3. The number of fused-ring (bicyclic) bond motifs is 7. The number of aromatic nitrogens is 2. The van der Waals surface area contributed by atoms with E-state index in [0.29, 0.717) is 23.4 Å². The van der Waals surface area contributed by atoms with E-state index in [2.05, 4.69) is 0 Å². The molecule has 3 N–H and O–H groups in total. The molecule has 0 saturated heterocycles. The monoisotopic (exact) mass is 760 g/mol. The van der Waals surface area contributed by atoms with Gasteiger partial charge in [0, 0.05) is 27.6 Å². The average molecular weight is 762 g/mol. The van der Waals surface area contributed by atoms with Gasteiger partial charge in [-0.25, -0.2) is 19.4 Å². The molecule has 3 aliphatic rings. The highest BCUT2D eigenvalue weighted by molar-refractivity contribution is 6.39. The summed E-state index contributed by atoms with van der Waals surface area (Å²) in [6.07, 6.45) is 0.139. The first-order chi connectivity index (χ1) is 25.1. The van der Waals surface area contributed by atoms with E-state index < -0.39 is 35.0 Å². The van der Waals surface area contributed by atoms with Crippen LogP contribution in [0.3, 0.4) is 0 Å².